The van der Waals surface area contributed by atoms with Crippen LogP contribution in [0.25, 0.3) is 0 Å². The van der Waals surface area contributed by atoms with Gasteiger partial charge in [-0.2, -0.15) is 0 Å². The number of nitrogens with one attached hydrogen (secondary N) is 1. The van der Waals surface area contributed by atoms with Gasteiger partial charge in [0.05, 0.1) is 0 Å². The topological polar surface area (TPSA) is 15.3 Å². The molecule has 15 heavy (non-hydrogen) atoms. The van der Waals surface area contributed by atoms with E-state index in [1.807, 2.05) is 0 Å². The van der Waals surface area contributed by atoms with E-state index in [-0.39, 0.29) is 0 Å². The van der Waals surface area contributed by atoms with Crippen molar-refractivity contribution in [2.75, 3.05) is 26.7 Å². The average molecular weight is 212 g/mol. The number of hydrogen-bond donors (Lipinski definition) is 1. The molecule has 0 spiro atoms. The molecule has 1 N–H and O–H groups in total. The Morgan fingerprint density at radius 3 is 2.67 bits per heavy atom. The standard InChI is InChI=1S/C13H28N2/c1-6-11(2)15-8-7-13(3,4)12(10-15)9-14-5/h11-12,14H,6-10H2,1-5H3. The van der Waals surface area contributed by atoms with Crippen molar-refractivity contribution in [1.29, 1.82) is 0 Å². The summed E-state index contributed by atoms with van der Waals surface area (Å²) in [7, 11) is 2.07. The smallest absolute Gasteiger partial charge is 0.00644 e. The fourth-order valence-electron chi connectivity index (χ4n) is 2.50. The average Bonchev–Trinajstić information content (AvgIpc) is 2.20. The molecule has 0 aromatic rings. The second kappa shape index (κ2) is 5.31. The van der Waals surface area contributed by atoms with E-state index in [4.69, 9.17) is 0 Å². The molecule has 2 atom stereocenters. The number of rotatable bonds is 4. The maximum Gasteiger partial charge on any atom is 0.00644 e. The Hall–Kier alpha value is -0.0800. The summed E-state index contributed by atoms with van der Waals surface area (Å²) in [5, 5.41) is 3.34. The first-order valence-electron chi connectivity index (χ1n) is 6.40. The highest BCUT2D eigenvalue weighted by molar-refractivity contribution is 4.89. The second-order valence-electron chi connectivity index (χ2n) is 5.75. The largest absolute Gasteiger partial charge is 0.319 e. The summed E-state index contributed by atoms with van der Waals surface area (Å²) in [5.74, 6) is 0.797. The highest BCUT2D eigenvalue weighted by Gasteiger charge is 2.35. The highest BCUT2D eigenvalue weighted by atomic mass is 15.2. The predicted molar refractivity (Wildman–Crippen MR) is 67.1 cm³/mol. The van der Waals surface area contributed by atoms with Crippen LogP contribution in [-0.4, -0.2) is 37.6 Å². The minimum atomic E-state index is 0.507. The van der Waals surface area contributed by atoms with Gasteiger partial charge in [-0.25, -0.2) is 0 Å². The normalized spacial score (nSPS) is 29.0. The first kappa shape index (κ1) is 13.0. The van der Waals surface area contributed by atoms with Crippen LogP contribution < -0.4 is 5.32 Å². The van der Waals surface area contributed by atoms with Gasteiger partial charge in [0.2, 0.25) is 0 Å². The van der Waals surface area contributed by atoms with Crippen LogP contribution in [0.3, 0.4) is 0 Å². The molecule has 0 aliphatic carbocycles. The molecular weight excluding hydrogens is 184 g/mol. The van der Waals surface area contributed by atoms with Gasteiger partial charge in [0, 0.05) is 12.6 Å². The maximum atomic E-state index is 3.34. The number of piperidine rings is 1. The molecule has 0 aromatic heterocycles. The van der Waals surface area contributed by atoms with Gasteiger partial charge in [-0.3, -0.25) is 0 Å². The van der Waals surface area contributed by atoms with Crippen LogP contribution in [0.15, 0.2) is 0 Å². The molecule has 2 heteroatoms. The Labute approximate surface area is 95.4 Å². The summed E-state index contributed by atoms with van der Waals surface area (Å²) < 4.78 is 0. The third kappa shape index (κ3) is 3.18. The van der Waals surface area contributed by atoms with E-state index in [9.17, 15) is 0 Å². The molecule has 0 saturated carbocycles. The predicted octanol–water partition coefficient (Wildman–Crippen LogP) is 2.35. The zero-order valence-electron chi connectivity index (χ0n) is 11.1. The molecule has 1 aliphatic heterocycles. The summed E-state index contributed by atoms with van der Waals surface area (Å²) in [6.07, 6.45) is 2.61. The Morgan fingerprint density at radius 2 is 2.13 bits per heavy atom. The van der Waals surface area contributed by atoms with Crippen LogP contribution in [0.4, 0.5) is 0 Å². The molecular formula is C13H28N2. The van der Waals surface area contributed by atoms with Crippen LogP contribution in [0.5, 0.6) is 0 Å². The van der Waals surface area contributed by atoms with Crippen LogP contribution in [0.2, 0.25) is 0 Å². The molecule has 0 bridgehead atoms. The summed E-state index contributed by atoms with van der Waals surface area (Å²) in [4.78, 5) is 2.66. The van der Waals surface area contributed by atoms with E-state index in [0.29, 0.717) is 5.41 Å². The Bertz CT molecular complexity index is 189. The lowest BCUT2D eigenvalue weighted by molar-refractivity contribution is 0.0382. The van der Waals surface area contributed by atoms with Gasteiger partial charge in [-0.1, -0.05) is 20.8 Å². The van der Waals surface area contributed by atoms with Crippen molar-refractivity contribution < 1.29 is 0 Å². The van der Waals surface area contributed by atoms with Crippen LogP contribution >= 0.6 is 0 Å². The van der Waals surface area contributed by atoms with Gasteiger partial charge < -0.3 is 10.2 Å². The summed E-state index contributed by atoms with van der Waals surface area (Å²) in [6.45, 7) is 13.2. The lowest BCUT2D eigenvalue weighted by Gasteiger charge is -2.46. The molecule has 2 nitrogen and oxygen atoms in total. The van der Waals surface area contributed by atoms with Crippen molar-refractivity contribution in [3.63, 3.8) is 0 Å². The highest BCUT2D eigenvalue weighted by Crippen LogP contribution is 2.35. The summed E-state index contributed by atoms with van der Waals surface area (Å²) in [5.41, 5.74) is 0.507. The Morgan fingerprint density at radius 1 is 1.47 bits per heavy atom. The first-order chi connectivity index (χ1) is 7.01. The molecule has 2 unspecified atom stereocenters. The van der Waals surface area contributed by atoms with E-state index in [1.54, 1.807) is 0 Å². The molecule has 0 aromatic carbocycles. The van der Waals surface area contributed by atoms with E-state index in [1.165, 1.54) is 25.9 Å². The SMILES string of the molecule is CCC(C)N1CCC(C)(C)C(CNC)C1. The molecule has 1 heterocycles. The molecule has 1 saturated heterocycles. The fraction of sp³-hybridized carbons (Fsp3) is 1.00. The Kier molecular flexibility index (Phi) is 4.60. The summed E-state index contributed by atoms with van der Waals surface area (Å²) in [6, 6.07) is 0.750. The van der Waals surface area contributed by atoms with E-state index in [0.717, 1.165) is 18.5 Å². The lowest BCUT2D eigenvalue weighted by atomic mass is 9.73. The van der Waals surface area contributed by atoms with E-state index >= 15 is 0 Å². The van der Waals surface area contributed by atoms with Crippen molar-refractivity contribution in [2.24, 2.45) is 11.3 Å². The fourth-order valence-corrected chi connectivity index (χ4v) is 2.50. The number of nitrogens with zero attached hydrogens (tertiary/aromatic N) is 1. The lowest BCUT2D eigenvalue weighted by Crippen LogP contribution is -2.50. The monoisotopic (exact) mass is 212 g/mol. The molecule has 1 aliphatic rings. The minimum absolute atomic E-state index is 0.507. The van der Waals surface area contributed by atoms with Gasteiger partial charge >= 0.3 is 0 Å². The van der Waals surface area contributed by atoms with Crippen LogP contribution in [0, 0.1) is 11.3 Å². The molecule has 1 fully saturated rings. The van der Waals surface area contributed by atoms with Crippen molar-refractivity contribution in [1.82, 2.24) is 10.2 Å². The third-order valence-corrected chi connectivity index (χ3v) is 4.27. The van der Waals surface area contributed by atoms with Crippen LogP contribution in [0.1, 0.15) is 40.5 Å². The van der Waals surface area contributed by atoms with Crippen molar-refractivity contribution >= 4 is 0 Å². The van der Waals surface area contributed by atoms with Crippen molar-refractivity contribution in [3.8, 4) is 0 Å². The van der Waals surface area contributed by atoms with E-state index in [2.05, 4.69) is 45.0 Å². The Balaban J connectivity index is 2.58. The first-order valence-corrected chi connectivity index (χ1v) is 6.40. The zero-order chi connectivity index (χ0) is 11.5. The van der Waals surface area contributed by atoms with Crippen molar-refractivity contribution in [2.45, 2.75) is 46.6 Å². The van der Waals surface area contributed by atoms with Crippen LogP contribution in [-0.2, 0) is 0 Å². The van der Waals surface area contributed by atoms with Gasteiger partial charge in [-0.15, -0.1) is 0 Å². The quantitative estimate of drug-likeness (QED) is 0.769. The molecule has 0 amide bonds. The number of hydrogen-bond acceptors (Lipinski definition) is 2. The van der Waals surface area contributed by atoms with Gasteiger partial charge in [0.25, 0.3) is 0 Å². The second-order valence-corrected chi connectivity index (χ2v) is 5.75. The third-order valence-electron chi connectivity index (χ3n) is 4.27. The zero-order valence-corrected chi connectivity index (χ0v) is 11.1. The van der Waals surface area contributed by atoms with E-state index < -0.39 is 0 Å². The van der Waals surface area contributed by atoms with Gasteiger partial charge in [0.15, 0.2) is 0 Å². The van der Waals surface area contributed by atoms with Gasteiger partial charge in [-0.05, 0) is 51.2 Å². The number of likely N-dealkylation sites (tertiary alicyclic amines) is 1. The molecule has 0 radical (unpaired) electrons. The van der Waals surface area contributed by atoms with Gasteiger partial charge in [0.1, 0.15) is 0 Å². The van der Waals surface area contributed by atoms with Crippen molar-refractivity contribution in [3.05, 3.63) is 0 Å². The molecule has 90 valence electrons. The minimum Gasteiger partial charge on any atom is -0.319 e. The summed E-state index contributed by atoms with van der Waals surface area (Å²) >= 11 is 0. The molecule has 1 rings (SSSR count). The maximum absolute atomic E-state index is 3.34.